The Morgan fingerprint density at radius 2 is 1.74 bits per heavy atom. The van der Waals surface area contributed by atoms with Crippen LogP contribution in [0.15, 0.2) is 36.4 Å². The van der Waals surface area contributed by atoms with Gasteiger partial charge in [-0.1, -0.05) is 23.7 Å². The first-order chi connectivity index (χ1) is 8.49. The Labute approximate surface area is 120 Å². The Hall–Kier alpha value is -1.49. The van der Waals surface area contributed by atoms with Gasteiger partial charge in [0.1, 0.15) is 17.7 Å². The quantitative estimate of drug-likeness (QED) is 0.589. The van der Waals surface area contributed by atoms with Crippen LogP contribution in [0, 0.1) is 5.82 Å². The molecule has 2 aromatic carbocycles. The van der Waals surface area contributed by atoms with Gasteiger partial charge >= 0.3 is 0 Å². The second kappa shape index (κ2) is 6.10. The van der Waals surface area contributed by atoms with E-state index in [4.69, 9.17) is 17.3 Å². The molecule has 2 rings (SSSR count). The molecule has 1 unspecified atom stereocenters. The first-order valence-electron chi connectivity index (χ1n) is 5.20. The molecule has 6 heteroatoms. The molecule has 0 fully saturated rings. The Morgan fingerprint density at radius 3 is 2.32 bits per heavy atom. The second-order valence-corrected chi connectivity index (χ2v) is 4.32. The fourth-order valence-corrected chi connectivity index (χ4v) is 1.80. The minimum Gasteiger partial charge on any atom is -0.505 e. The highest BCUT2D eigenvalue weighted by molar-refractivity contribution is 6.30. The predicted octanol–water partition coefficient (Wildman–Crippen LogP) is 3.27. The van der Waals surface area contributed by atoms with Gasteiger partial charge in [-0.2, -0.15) is 0 Å². The molecule has 1 atom stereocenters. The van der Waals surface area contributed by atoms with Crippen molar-refractivity contribution in [3.05, 3.63) is 58.4 Å². The van der Waals surface area contributed by atoms with Crippen molar-refractivity contribution >= 4 is 29.7 Å². The molecule has 0 spiro atoms. The van der Waals surface area contributed by atoms with Gasteiger partial charge in [-0.3, -0.25) is 0 Å². The fraction of sp³-hybridized carbons (Fsp3) is 0.0769. The van der Waals surface area contributed by atoms with E-state index in [1.807, 2.05) is 0 Å². The summed E-state index contributed by atoms with van der Waals surface area (Å²) in [6, 6.07) is 8.42. The molecule has 4 N–H and O–H groups in total. The van der Waals surface area contributed by atoms with E-state index in [2.05, 4.69) is 0 Å². The van der Waals surface area contributed by atoms with Crippen molar-refractivity contribution in [2.45, 2.75) is 6.10 Å². The van der Waals surface area contributed by atoms with Gasteiger partial charge in [-0.05, 0) is 23.8 Å². The molecule has 0 saturated heterocycles. The van der Waals surface area contributed by atoms with E-state index < -0.39 is 11.9 Å². The number of hydrogen-bond acceptors (Lipinski definition) is 3. The topological polar surface area (TPSA) is 66.5 Å². The van der Waals surface area contributed by atoms with Crippen LogP contribution in [-0.2, 0) is 0 Å². The summed E-state index contributed by atoms with van der Waals surface area (Å²) in [7, 11) is 0. The Bertz CT molecular complexity index is 576. The summed E-state index contributed by atoms with van der Waals surface area (Å²) in [6.07, 6.45) is -1.17. The highest BCUT2D eigenvalue weighted by Crippen LogP contribution is 2.34. The van der Waals surface area contributed by atoms with Crippen LogP contribution in [0.5, 0.6) is 5.75 Å². The summed E-state index contributed by atoms with van der Waals surface area (Å²) >= 11 is 5.73. The van der Waals surface area contributed by atoms with Crippen molar-refractivity contribution < 1.29 is 14.6 Å². The average molecular weight is 304 g/mol. The van der Waals surface area contributed by atoms with E-state index >= 15 is 0 Å². The molecule has 2 aromatic rings. The number of aliphatic hydroxyl groups excluding tert-OH is 1. The zero-order valence-electron chi connectivity index (χ0n) is 9.68. The van der Waals surface area contributed by atoms with Gasteiger partial charge in [0.2, 0.25) is 0 Å². The van der Waals surface area contributed by atoms with Crippen LogP contribution in [0.4, 0.5) is 10.1 Å². The summed E-state index contributed by atoms with van der Waals surface area (Å²) in [5, 5.41) is 20.3. The lowest BCUT2D eigenvalue weighted by Crippen LogP contribution is -2.02. The Kier molecular flexibility index (Phi) is 5.00. The lowest BCUT2D eigenvalue weighted by molar-refractivity contribution is 0.215. The molecular weight excluding hydrogens is 292 g/mol. The van der Waals surface area contributed by atoms with Crippen LogP contribution in [-0.4, -0.2) is 10.2 Å². The number of hydrogen-bond donors (Lipinski definition) is 3. The van der Waals surface area contributed by atoms with Crippen molar-refractivity contribution in [1.82, 2.24) is 0 Å². The molecule has 0 bridgehead atoms. The third kappa shape index (κ3) is 3.29. The number of phenolic OH excluding ortho intramolecular Hbond substituents is 1. The van der Waals surface area contributed by atoms with E-state index in [0.29, 0.717) is 10.6 Å². The molecule has 0 aliphatic heterocycles. The maximum atomic E-state index is 13.2. The van der Waals surface area contributed by atoms with Crippen molar-refractivity contribution in [1.29, 1.82) is 0 Å². The summed E-state index contributed by atoms with van der Waals surface area (Å²) in [5.74, 6) is -0.938. The lowest BCUT2D eigenvalue weighted by atomic mass is 10.00. The predicted molar refractivity (Wildman–Crippen MR) is 75.2 cm³/mol. The highest BCUT2D eigenvalue weighted by atomic mass is 35.5. The summed E-state index contributed by atoms with van der Waals surface area (Å²) < 4.78 is 13.2. The number of rotatable bonds is 2. The van der Waals surface area contributed by atoms with Gasteiger partial charge in [-0.25, -0.2) is 4.39 Å². The van der Waals surface area contributed by atoms with Gasteiger partial charge in [0, 0.05) is 16.7 Å². The lowest BCUT2D eigenvalue weighted by Gasteiger charge is -2.14. The smallest absolute Gasteiger partial charge is 0.144 e. The monoisotopic (exact) mass is 303 g/mol. The van der Waals surface area contributed by atoms with Gasteiger partial charge in [0.15, 0.2) is 0 Å². The summed E-state index contributed by atoms with van der Waals surface area (Å²) in [5.41, 5.74) is 5.84. The maximum absolute atomic E-state index is 13.2. The van der Waals surface area contributed by atoms with Gasteiger partial charge in [0.05, 0.1) is 5.69 Å². The molecule has 0 saturated carbocycles. The largest absolute Gasteiger partial charge is 0.505 e. The Balaban J connectivity index is 0.00000180. The number of nitrogen functional groups attached to an aromatic ring is 1. The first-order valence-corrected chi connectivity index (χ1v) is 5.58. The number of phenols is 1. The maximum Gasteiger partial charge on any atom is 0.144 e. The zero-order chi connectivity index (χ0) is 13.3. The number of benzene rings is 2. The summed E-state index contributed by atoms with van der Waals surface area (Å²) in [4.78, 5) is 0. The van der Waals surface area contributed by atoms with Crippen LogP contribution < -0.4 is 5.73 Å². The van der Waals surface area contributed by atoms with Crippen molar-refractivity contribution in [2.24, 2.45) is 0 Å². The van der Waals surface area contributed by atoms with E-state index in [1.54, 1.807) is 24.3 Å². The first kappa shape index (κ1) is 15.6. The minimum atomic E-state index is -1.17. The standard InChI is InChI=1S/C13H11ClFNO2.ClH/c14-8-3-1-7(2-4-8)12(17)10-5-9(15)6-11(16)13(10)18;/h1-6,12,17-18H,16H2;1H. The van der Waals surface area contributed by atoms with E-state index in [9.17, 15) is 14.6 Å². The molecular formula is C13H12Cl2FNO2. The average Bonchev–Trinajstić information content (AvgIpc) is 2.34. The van der Waals surface area contributed by atoms with Crippen molar-refractivity contribution in [3.63, 3.8) is 0 Å². The SMILES string of the molecule is Cl.Nc1cc(F)cc(C(O)c2ccc(Cl)cc2)c1O. The molecule has 102 valence electrons. The number of aliphatic hydroxyl groups is 1. The minimum absolute atomic E-state index is 0. The molecule has 0 aliphatic carbocycles. The normalized spacial score (nSPS) is 11.7. The Morgan fingerprint density at radius 1 is 1.16 bits per heavy atom. The van der Waals surface area contributed by atoms with E-state index in [1.165, 1.54) is 0 Å². The molecule has 0 amide bonds. The second-order valence-electron chi connectivity index (χ2n) is 3.89. The molecule has 19 heavy (non-hydrogen) atoms. The van der Waals surface area contributed by atoms with Crippen molar-refractivity contribution in [3.8, 4) is 5.75 Å². The van der Waals surface area contributed by atoms with Crippen LogP contribution in [0.2, 0.25) is 5.02 Å². The van der Waals surface area contributed by atoms with E-state index in [-0.39, 0.29) is 29.4 Å². The summed E-state index contributed by atoms with van der Waals surface area (Å²) in [6.45, 7) is 0. The van der Waals surface area contributed by atoms with Crippen LogP contribution >= 0.6 is 24.0 Å². The van der Waals surface area contributed by atoms with Crippen LogP contribution in [0.3, 0.4) is 0 Å². The number of halogens is 3. The van der Waals surface area contributed by atoms with Crippen molar-refractivity contribution in [2.75, 3.05) is 5.73 Å². The molecule has 0 aromatic heterocycles. The van der Waals surface area contributed by atoms with Gasteiger partial charge < -0.3 is 15.9 Å². The van der Waals surface area contributed by atoms with Crippen LogP contribution in [0.25, 0.3) is 0 Å². The third-order valence-corrected chi connectivity index (χ3v) is 2.87. The molecule has 0 radical (unpaired) electrons. The third-order valence-electron chi connectivity index (χ3n) is 2.61. The number of nitrogens with two attached hydrogens (primary N) is 1. The molecule has 3 nitrogen and oxygen atoms in total. The van der Waals surface area contributed by atoms with E-state index in [0.717, 1.165) is 12.1 Å². The highest BCUT2D eigenvalue weighted by Gasteiger charge is 2.17. The fourth-order valence-electron chi connectivity index (χ4n) is 1.68. The van der Waals surface area contributed by atoms with Gasteiger partial charge in [0.25, 0.3) is 0 Å². The zero-order valence-corrected chi connectivity index (χ0v) is 11.2. The molecule has 0 aliphatic rings. The number of aromatic hydroxyl groups is 1. The van der Waals surface area contributed by atoms with Gasteiger partial charge in [-0.15, -0.1) is 12.4 Å². The molecule has 0 heterocycles. The number of anilines is 1. The van der Waals surface area contributed by atoms with Crippen LogP contribution in [0.1, 0.15) is 17.2 Å².